The molecule has 18 heavy (non-hydrogen) atoms. The van der Waals surface area contributed by atoms with E-state index >= 15 is 0 Å². The summed E-state index contributed by atoms with van der Waals surface area (Å²) in [5, 5.41) is -0.852. The number of anilines is 1. The fourth-order valence-corrected chi connectivity index (χ4v) is 3.33. The van der Waals surface area contributed by atoms with E-state index in [1.165, 1.54) is 4.90 Å². The Balaban J connectivity index is 2.33. The molecule has 0 aliphatic carbocycles. The van der Waals surface area contributed by atoms with Crippen molar-refractivity contribution in [2.45, 2.75) is 18.6 Å². The fourth-order valence-electron chi connectivity index (χ4n) is 1.90. The maximum absolute atomic E-state index is 11.8. The zero-order valence-electron chi connectivity index (χ0n) is 9.43. The second-order valence-corrected chi connectivity index (χ2v) is 7.77. The van der Waals surface area contributed by atoms with Gasteiger partial charge in [0.05, 0.1) is 11.4 Å². The minimum absolute atomic E-state index is 0.0782. The van der Waals surface area contributed by atoms with Crippen LogP contribution in [0.1, 0.15) is 12.1 Å². The van der Waals surface area contributed by atoms with Crippen molar-refractivity contribution in [2.75, 3.05) is 11.4 Å². The van der Waals surface area contributed by atoms with Crippen LogP contribution in [0, 0.1) is 6.92 Å². The second-order valence-electron chi connectivity index (χ2n) is 4.04. The van der Waals surface area contributed by atoms with Crippen molar-refractivity contribution >= 4 is 47.3 Å². The highest BCUT2D eigenvalue weighted by atomic mass is 79.9. The van der Waals surface area contributed by atoms with Crippen LogP contribution in [-0.2, 0) is 13.8 Å². The van der Waals surface area contributed by atoms with Gasteiger partial charge in [0.25, 0.3) is 0 Å². The lowest BCUT2D eigenvalue weighted by molar-refractivity contribution is -0.117. The number of amides is 1. The number of hydrogen-bond acceptors (Lipinski definition) is 4. The molecule has 2 rings (SSSR count). The minimum Gasteiger partial charge on any atom is -0.309 e. The van der Waals surface area contributed by atoms with Crippen LogP contribution in [-0.4, -0.2) is 31.1 Å². The first-order valence-corrected chi connectivity index (χ1v) is 8.32. The molecule has 1 aliphatic rings. The number of carbonyl (C=O) groups excluding carboxylic acids is 1. The third-order valence-corrected chi connectivity index (χ3v) is 5.11. The summed E-state index contributed by atoms with van der Waals surface area (Å²) in [6, 6.07) is 3.44. The largest absolute Gasteiger partial charge is 0.309 e. The molecule has 8 heteroatoms. The van der Waals surface area contributed by atoms with E-state index in [0.29, 0.717) is 16.0 Å². The Hall–Kier alpha value is -0.660. The zero-order chi connectivity index (χ0) is 13.5. The van der Waals surface area contributed by atoms with E-state index in [1.807, 2.05) is 0 Å². The Labute approximate surface area is 118 Å². The number of rotatable bonds is 2. The zero-order valence-corrected chi connectivity index (χ0v) is 12.6. The van der Waals surface area contributed by atoms with Crippen LogP contribution in [0.15, 0.2) is 16.7 Å². The lowest BCUT2D eigenvalue weighted by Crippen LogP contribution is -2.27. The molecule has 0 aromatic carbocycles. The van der Waals surface area contributed by atoms with Gasteiger partial charge < -0.3 is 4.90 Å². The SMILES string of the molecule is Cc1nc(Br)ccc1N1CC(S(=O)(=O)Cl)CC1=O. The number of halogens is 2. The van der Waals surface area contributed by atoms with Crippen LogP contribution in [0.3, 0.4) is 0 Å². The Morgan fingerprint density at radius 2 is 2.17 bits per heavy atom. The number of pyridine rings is 1. The summed E-state index contributed by atoms with van der Waals surface area (Å²) in [6.07, 6.45) is -0.0820. The van der Waals surface area contributed by atoms with Crippen molar-refractivity contribution < 1.29 is 13.2 Å². The number of nitrogens with zero attached hydrogens (tertiary/aromatic N) is 2. The van der Waals surface area contributed by atoms with E-state index in [-0.39, 0.29) is 18.9 Å². The van der Waals surface area contributed by atoms with Crippen molar-refractivity contribution in [3.8, 4) is 0 Å². The molecule has 1 atom stereocenters. The van der Waals surface area contributed by atoms with Gasteiger partial charge in [-0.15, -0.1) is 0 Å². The Morgan fingerprint density at radius 1 is 1.50 bits per heavy atom. The average molecular weight is 354 g/mol. The van der Waals surface area contributed by atoms with E-state index in [2.05, 4.69) is 20.9 Å². The van der Waals surface area contributed by atoms with E-state index in [9.17, 15) is 13.2 Å². The van der Waals surface area contributed by atoms with Gasteiger partial charge in [0, 0.05) is 23.6 Å². The van der Waals surface area contributed by atoms with Crippen LogP contribution in [0.25, 0.3) is 0 Å². The van der Waals surface area contributed by atoms with Gasteiger partial charge in [-0.2, -0.15) is 0 Å². The van der Waals surface area contributed by atoms with Gasteiger partial charge in [-0.3, -0.25) is 4.79 Å². The standard InChI is InChI=1S/C10H10BrClN2O3S/c1-6-8(2-3-9(11)13-6)14-5-7(4-10(14)15)18(12,16)17/h2-3,7H,4-5H2,1H3. The van der Waals surface area contributed by atoms with E-state index < -0.39 is 14.3 Å². The summed E-state index contributed by atoms with van der Waals surface area (Å²) in [5.41, 5.74) is 1.27. The molecule has 0 N–H and O–H groups in total. The molecule has 0 saturated carbocycles. The Morgan fingerprint density at radius 3 is 2.67 bits per heavy atom. The maximum Gasteiger partial charge on any atom is 0.237 e. The fraction of sp³-hybridized carbons (Fsp3) is 0.400. The second kappa shape index (κ2) is 4.79. The van der Waals surface area contributed by atoms with Crippen molar-refractivity contribution in [1.82, 2.24) is 4.98 Å². The van der Waals surface area contributed by atoms with E-state index in [0.717, 1.165) is 0 Å². The summed E-state index contributed by atoms with van der Waals surface area (Å²) < 4.78 is 23.2. The lowest BCUT2D eigenvalue weighted by Gasteiger charge is -2.18. The molecular weight excluding hydrogens is 344 g/mol. The van der Waals surface area contributed by atoms with Crippen molar-refractivity contribution in [3.63, 3.8) is 0 Å². The van der Waals surface area contributed by atoms with Gasteiger partial charge in [-0.1, -0.05) is 0 Å². The molecule has 0 radical (unpaired) electrons. The molecule has 2 heterocycles. The topological polar surface area (TPSA) is 67.3 Å². The predicted molar refractivity (Wildman–Crippen MR) is 72.2 cm³/mol. The molecule has 5 nitrogen and oxygen atoms in total. The highest BCUT2D eigenvalue weighted by Gasteiger charge is 2.38. The monoisotopic (exact) mass is 352 g/mol. The first-order valence-electron chi connectivity index (χ1n) is 5.16. The predicted octanol–water partition coefficient (Wildman–Crippen LogP) is 1.83. The van der Waals surface area contributed by atoms with Crippen LogP contribution >= 0.6 is 26.6 Å². The summed E-state index contributed by atoms with van der Waals surface area (Å²) in [5.74, 6) is -0.253. The summed E-state index contributed by atoms with van der Waals surface area (Å²) in [7, 11) is 1.58. The van der Waals surface area contributed by atoms with Crippen LogP contribution < -0.4 is 4.90 Å². The van der Waals surface area contributed by atoms with Gasteiger partial charge in [0.2, 0.25) is 15.0 Å². The normalized spacial score (nSPS) is 20.5. The third-order valence-electron chi connectivity index (χ3n) is 2.80. The number of aryl methyl sites for hydroxylation is 1. The van der Waals surface area contributed by atoms with Gasteiger partial charge in [-0.25, -0.2) is 13.4 Å². The van der Waals surface area contributed by atoms with E-state index in [1.54, 1.807) is 19.1 Å². The molecule has 1 aliphatic heterocycles. The first-order chi connectivity index (χ1) is 8.29. The highest BCUT2D eigenvalue weighted by molar-refractivity contribution is 9.10. The molecule has 1 unspecified atom stereocenters. The molecule has 1 saturated heterocycles. The average Bonchev–Trinajstić information content (AvgIpc) is 2.60. The molecule has 1 fully saturated rings. The molecule has 0 spiro atoms. The highest BCUT2D eigenvalue weighted by Crippen LogP contribution is 2.29. The molecule has 0 bridgehead atoms. The van der Waals surface area contributed by atoms with Gasteiger partial charge in [0.15, 0.2) is 0 Å². The minimum atomic E-state index is -3.72. The molecular formula is C10H10BrClN2O3S. The number of aromatic nitrogens is 1. The third kappa shape index (κ3) is 2.67. The summed E-state index contributed by atoms with van der Waals surface area (Å²) in [6.45, 7) is 1.84. The summed E-state index contributed by atoms with van der Waals surface area (Å²) in [4.78, 5) is 17.4. The molecule has 1 aromatic heterocycles. The van der Waals surface area contributed by atoms with Crippen molar-refractivity contribution in [1.29, 1.82) is 0 Å². The van der Waals surface area contributed by atoms with Gasteiger partial charge in [0.1, 0.15) is 9.85 Å². The van der Waals surface area contributed by atoms with Crippen LogP contribution in [0.2, 0.25) is 0 Å². The van der Waals surface area contributed by atoms with Crippen LogP contribution in [0.5, 0.6) is 0 Å². The summed E-state index contributed by atoms with van der Waals surface area (Å²) >= 11 is 3.23. The quantitative estimate of drug-likeness (QED) is 0.601. The molecule has 98 valence electrons. The lowest BCUT2D eigenvalue weighted by atomic mass is 10.3. The molecule has 1 aromatic rings. The van der Waals surface area contributed by atoms with E-state index in [4.69, 9.17) is 10.7 Å². The van der Waals surface area contributed by atoms with Crippen molar-refractivity contribution in [2.24, 2.45) is 0 Å². The number of carbonyl (C=O) groups is 1. The van der Waals surface area contributed by atoms with Gasteiger partial charge in [-0.05, 0) is 35.0 Å². The maximum atomic E-state index is 11.8. The van der Waals surface area contributed by atoms with Crippen LogP contribution in [0.4, 0.5) is 5.69 Å². The number of hydrogen-bond donors (Lipinski definition) is 0. The Kier molecular flexibility index (Phi) is 3.66. The van der Waals surface area contributed by atoms with Crippen molar-refractivity contribution in [3.05, 3.63) is 22.4 Å². The Bertz CT molecular complexity index is 605. The smallest absolute Gasteiger partial charge is 0.237 e. The first kappa shape index (κ1) is 13.8. The van der Waals surface area contributed by atoms with Gasteiger partial charge >= 0.3 is 0 Å². The molecule has 1 amide bonds.